The van der Waals surface area contributed by atoms with Crippen molar-refractivity contribution in [3.63, 3.8) is 0 Å². The molecule has 0 bridgehead atoms. The molecule has 1 aromatic rings. The van der Waals surface area contributed by atoms with Crippen molar-refractivity contribution in [3.05, 3.63) is 23.8 Å². The zero-order valence-electron chi connectivity index (χ0n) is 14.6. The summed E-state index contributed by atoms with van der Waals surface area (Å²) < 4.78 is 5.74. The monoisotopic (exact) mass is 334 g/mol. The molecule has 0 saturated carbocycles. The van der Waals surface area contributed by atoms with Gasteiger partial charge < -0.3 is 25.2 Å². The SMILES string of the molecule is CCNC(=O)Nc1ccc2c(c1)CN(C(=O)N(CC)CC)CCO2. The molecule has 0 saturated heterocycles. The molecule has 24 heavy (non-hydrogen) atoms. The van der Waals surface area contributed by atoms with E-state index in [0.29, 0.717) is 45.0 Å². The van der Waals surface area contributed by atoms with Gasteiger partial charge in [-0.05, 0) is 39.0 Å². The number of amides is 4. The molecule has 0 radical (unpaired) electrons. The molecule has 0 atom stereocenters. The Morgan fingerprint density at radius 1 is 1.25 bits per heavy atom. The normalized spacial score (nSPS) is 13.4. The molecule has 0 aromatic heterocycles. The fraction of sp³-hybridized carbons (Fsp3) is 0.529. The molecule has 7 heteroatoms. The molecular formula is C17H26N4O3. The average Bonchev–Trinajstić information content (AvgIpc) is 2.78. The lowest BCUT2D eigenvalue weighted by Crippen LogP contribution is -2.43. The molecule has 2 rings (SSSR count). The number of carbonyl (C=O) groups is 2. The number of ether oxygens (including phenoxy) is 1. The first-order chi connectivity index (χ1) is 11.6. The van der Waals surface area contributed by atoms with Gasteiger partial charge in [0.15, 0.2) is 0 Å². The number of carbonyl (C=O) groups excluding carboxylic acids is 2. The van der Waals surface area contributed by atoms with Crippen LogP contribution < -0.4 is 15.4 Å². The third-order valence-electron chi connectivity index (χ3n) is 3.94. The van der Waals surface area contributed by atoms with Crippen molar-refractivity contribution in [3.8, 4) is 5.75 Å². The van der Waals surface area contributed by atoms with Crippen LogP contribution in [0.15, 0.2) is 18.2 Å². The molecule has 1 aromatic carbocycles. The molecule has 1 aliphatic heterocycles. The van der Waals surface area contributed by atoms with E-state index in [2.05, 4.69) is 10.6 Å². The average molecular weight is 334 g/mol. The van der Waals surface area contributed by atoms with Gasteiger partial charge in [0, 0.05) is 30.9 Å². The van der Waals surface area contributed by atoms with E-state index >= 15 is 0 Å². The molecule has 0 fully saturated rings. The Hall–Kier alpha value is -2.44. The van der Waals surface area contributed by atoms with E-state index in [0.717, 1.165) is 11.3 Å². The van der Waals surface area contributed by atoms with Crippen LogP contribution >= 0.6 is 0 Å². The summed E-state index contributed by atoms with van der Waals surface area (Å²) in [7, 11) is 0. The Morgan fingerprint density at radius 2 is 2.00 bits per heavy atom. The highest BCUT2D eigenvalue weighted by molar-refractivity contribution is 5.89. The fourth-order valence-electron chi connectivity index (χ4n) is 2.67. The van der Waals surface area contributed by atoms with Gasteiger partial charge in [-0.25, -0.2) is 9.59 Å². The number of urea groups is 2. The lowest BCUT2D eigenvalue weighted by molar-refractivity contribution is 0.150. The van der Waals surface area contributed by atoms with Crippen LogP contribution in [0.2, 0.25) is 0 Å². The maximum absolute atomic E-state index is 12.6. The maximum Gasteiger partial charge on any atom is 0.320 e. The van der Waals surface area contributed by atoms with Crippen LogP contribution in [0.3, 0.4) is 0 Å². The molecular weight excluding hydrogens is 308 g/mol. The van der Waals surface area contributed by atoms with Crippen LogP contribution in [0, 0.1) is 0 Å². The van der Waals surface area contributed by atoms with Crippen LogP contribution in [-0.2, 0) is 6.54 Å². The topological polar surface area (TPSA) is 73.9 Å². The van der Waals surface area contributed by atoms with Crippen molar-refractivity contribution in [1.29, 1.82) is 0 Å². The summed E-state index contributed by atoms with van der Waals surface area (Å²) in [6.45, 7) is 9.20. The van der Waals surface area contributed by atoms with E-state index in [1.165, 1.54) is 0 Å². The van der Waals surface area contributed by atoms with Gasteiger partial charge in [-0.2, -0.15) is 0 Å². The van der Waals surface area contributed by atoms with Crippen molar-refractivity contribution in [2.24, 2.45) is 0 Å². The Bertz CT molecular complexity index is 587. The minimum absolute atomic E-state index is 0.0125. The molecule has 1 heterocycles. The molecule has 7 nitrogen and oxygen atoms in total. The van der Waals surface area contributed by atoms with Crippen molar-refractivity contribution in [1.82, 2.24) is 15.1 Å². The van der Waals surface area contributed by atoms with Crippen LogP contribution in [0.5, 0.6) is 5.75 Å². The van der Waals surface area contributed by atoms with Gasteiger partial charge in [0.2, 0.25) is 0 Å². The minimum atomic E-state index is -0.247. The van der Waals surface area contributed by atoms with Gasteiger partial charge in [0.05, 0.1) is 13.1 Å². The first-order valence-electron chi connectivity index (χ1n) is 8.43. The third kappa shape index (κ3) is 4.31. The van der Waals surface area contributed by atoms with Gasteiger partial charge >= 0.3 is 12.1 Å². The molecule has 0 unspecified atom stereocenters. The highest BCUT2D eigenvalue weighted by atomic mass is 16.5. The number of fused-ring (bicyclic) bond motifs is 1. The fourth-order valence-corrected chi connectivity index (χ4v) is 2.67. The van der Waals surface area contributed by atoms with Crippen molar-refractivity contribution < 1.29 is 14.3 Å². The Kier molecular flexibility index (Phi) is 6.28. The van der Waals surface area contributed by atoms with Crippen molar-refractivity contribution in [2.75, 3.05) is 38.1 Å². The standard InChI is InChI=1S/C17H26N4O3/c1-4-18-16(22)19-14-7-8-15-13(11-14)12-21(9-10-24-15)17(23)20(5-2)6-3/h7-8,11H,4-6,9-10,12H2,1-3H3,(H2,18,19,22). The number of nitrogens with zero attached hydrogens (tertiary/aromatic N) is 2. The highest BCUT2D eigenvalue weighted by Crippen LogP contribution is 2.27. The van der Waals surface area contributed by atoms with E-state index < -0.39 is 0 Å². The number of hydrogen-bond acceptors (Lipinski definition) is 3. The second-order valence-electron chi connectivity index (χ2n) is 5.53. The summed E-state index contributed by atoms with van der Waals surface area (Å²) in [6, 6.07) is 5.26. The summed E-state index contributed by atoms with van der Waals surface area (Å²) >= 11 is 0. The van der Waals surface area contributed by atoms with Crippen molar-refractivity contribution in [2.45, 2.75) is 27.3 Å². The van der Waals surface area contributed by atoms with Gasteiger partial charge in [-0.15, -0.1) is 0 Å². The Labute approximate surface area is 142 Å². The summed E-state index contributed by atoms with van der Waals surface area (Å²) in [5.74, 6) is 0.756. The lowest BCUT2D eigenvalue weighted by atomic mass is 10.1. The molecule has 0 spiro atoms. The lowest BCUT2D eigenvalue weighted by Gasteiger charge is -2.27. The van der Waals surface area contributed by atoms with E-state index in [1.54, 1.807) is 15.9 Å². The summed E-state index contributed by atoms with van der Waals surface area (Å²) in [5.41, 5.74) is 1.57. The second-order valence-corrected chi connectivity index (χ2v) is 5.53. The molecule has 0 aliphatic carbocycles. The van der Waals surface area contributed by atoms with Crippen LogP contribution in [0.4, 0.5) is 15.3 Å². The Balaban J connectivity index is 2.15. The maximum atomic E-state index is 12.6. The first kappa shape index (κ1) is 17.9. The highest BCUT2D eigenvalue weighted by Gasteiger charge is 2.23. The van der Waals surface area contributed by atoms with Crippen LogP contribution in [0.25, 0.3) is 0 Å². The zero-order valence-corrected chi connectivity index (χ0v) is 14.6. The molecule has 2 N–H and O–H groups in total. The largest absolute Gasteiger partial charge is 0.491 e. The van der Waals surface area contributed by atoms with Crippen LogP contribution in [0.1, 0.15) is 26.3 Å². The summed E-state index contributed by atoms with van der Waals surface area (Å²) in [6.07, 6.45) is 0. The van der Waals surface area contributed by atoms with E-state index in [-0.39, 0.29) is 12.1 Å². The molecule has 132 valence electrons. The Morgan fingerprint density at radius 3 is 2.67 bits per heavy atom. The summed E-state index contributed by atoms with van der Waals surface area (Å²) in [4.78, 5) is 27.8. The van der Waals surface area contributed by atoms with Crippen molar-refractivity contribution >= 4 is 17.7 Å². The van der Waals surface area contributed by atoms with Gasteiger partial charge in [-0.1, -0.05) is 0 Å². The predicted octanol–water partition coefficient (Wildman–Crippen LogP) is 2.48. The number of nitrogens with one attached hydrogen (secondary N) is 2. The summed E-state index contributed by atoms with van der Waals surface area (Å²) in [5, 5.41) is 5.47. The zero-order chi connectivity index (χ0) is 17.5. The molecule has 1 aliphatic rings. The predicted molar refractivity (Wildman–Crippen MR) is 93.4 cm³/mol. The number of rotatable bonds is 4. The van der Waals surface area contributed by atoms with Gasteiger partial charge in [-0.3, -0.25) is 0 Å². The molecule has 4 amide bonds. The van der Waals surface area contributed by atoms with E-state index in [1.807, 2.05) is 32.9 Å². The third-order valence-corrected chi connectivity index (χ3v) is 3.94. The second kappa shape index (κ2) is 8.42. The van der Waals surface area contributed by atoms with Crippen LogP contribution in [-0.4, -0.2) is 54.6 Å². The quantitative estimate of drug-likeness (QED) is 0.888. The van der Waals surface area contributed by atoms with Gasteiger partial charge in [0.25, 0.3) is 0 Å². The number of benzene rings is 1. The smallest absolute Gasteiger partial charge is 0.320 e. The first-order valence-corrected chi connectivity index (χ1v) is 8.43. The van der Waals surface area contributed by atoms with Gasteiger partial charge in [0.1, 0.15) is 12.4 Å². The number of anilines is 1. The van der Waals surface area contributed by atoms with E-state index in [4.69, 9.17) is 4.74 Å². The van der Waals surface area contributed by atoms with E-state index in [9.17, 15) is 9.59 Å². The minimum Gasteiger partial charge on any atom is -0.491 e. The number of hydrogen-bond donors (Lipinski definition) is 2.